The lowest BCUT2D eigenvalue weighted by Crippen LogP contribution is -2.51. The van der Waals surface area contributed by atoms with Gasteiger partial charge in [0, 0.05) is 26.7 Å². The van der Waals surface area contributed by atoms with E-state index in [-0.39, 0.29) is 43.5 Å². The number of methoxy groups -OCH3 is 1. The molecule has 1 unspecified atom stereocenters. The second-order valence-electron chi connectivity index (χ2n) is 7.35. The molecule has 1 aromatic rings. The van der Waals surface area contributed by atoms with E-state index in [0.29, 0.717) is 5.56 Å². The monoisotopic (exact) mass is 439 g/mol. The van der Waals surface area contributed by atoms with Crippen LogP contribution in [0.4, 0.5) is 4.79 Å². The highest BCUT2D eigenvalue weighted by Crippen LogP contribution is 2.30. The van der Waals surface area contributed by atoms with E-state index in [1.54, 1.807) is 6.07 Å². The second-order valence-corrected chi connectivity index (χ2v) is 7.35. The first-order chi connectivity index (χ1) is 14.5. The molecule has 0 heterocycles. The summed E-state index contributed by atoms with van der Waals surface area (Å²) >= 11 is 0. The average Bonchev–Trinajstić information content (AvgIpc) is 2.67. The quantitative estimate of drug-likeness (QED) is 0.426. The number of hydrogen-bond acceptors (Lipinski definition) is 10. The number of carbonyl (C=O) groups is 4. The van der Waals surface area contributed by atoms with Crippen LogP contribution >= 0.6 is 0 Å². The summed E-state index contributed by atoms with van der Waals surface area (Å²) in [6, 6.07) is 4.42. The van der Waals surface area contributed by atoms with Crippen molar-refractivity contribution in [1.29, 1.82) is 0 Å². The van der Waals surface area contributed by atoms with Crippen LogP contribution in [0.3, 0.4) is 0 Å². The average molecular weight is 439 g/mol. The van der Waals surface area contributed by atoms with Crippen LogP contribution in [0.25, 0.3) is 0 Å². The van der Waals surface area contributed by atoms with Gasteiger partial charge in [0.25, 0.3) is 0 Å². The Labute approximate surface area is 180 Å². The molecule has 0 aliphatic rings. The van der Waals surface area contributed by atoms with Gasteiger partial charge >= 0.3 is 24.1 Å². The third-order valence-corrected chi connectivity index (χ3v) is 3.93. The van der Waals surface area contributed by atoms with Crippen molar-refractivity contribution in [3.05, 3.63) is 23.8 Å². The van der Waals surface area contributed by atoms with Crippen molar-refractivity contribution in [1.82, 2.24) is 0 Å². The van der Waals surface area contributed by atoms with E-state index < -0.39 is 29.6 Å². The Kier molecular flexibility index (Phi) is 9.94. The summed E-state index contributed by atoms with van der Waals surface area (Å²) in [5.41, 5.74) is 5.23. The normalized spacial score (nSPS) is 12.5. The molecule has 0 aliphatic heterocycles. The Morgan fingerprint density at radius 3 is 2.16 bits per heavy atom. The molecule has 1 atom stereocenters. The number of hydrogen-bond donors (Lipinski definition) is 1. The summed E-state index contributed by atoms with van der Waals surface area (Å²) in [4.78, 5) is 46.6. The van der Waals surface area contributed by atoms with Gasteiger partial charge < -0.3 is 29.4 Å². The lowest BCUT2D eigenvalue weighted by atomic mass is 9.88. The molecule has 0 saturated heterocycles. The Hall–Kier alpha value is -3.14. The predicted molar refractivity (Wildman–Crippen MR) is 108 cm³/mol. The van der Waals surface area contributed by atoms with Crippen molar-refractivity contribution in [2.45, 2.75) is 46.1 Å². The number of carbonyl (C=O) groups excluding carboxylic acids is 4. The molecule has 0 spiro atoms. The Morgan fingerprint density at radius 1 is 1.00 bits per heavy atom. The van der Waals surface area contributed by atoms with Crippen LogP contribution in [0.2, 0.25) is 0 Å². The lowest BCUT2D eigenvalue weighted by molar-refractivity contribution is -0.147. The summed E-state index contributed by atoms with van der Waals surface area (Å²) in [6.45, 7) is 6.20. The van der Waals surface area contributed by atoms with E-state index in [1.165, 1.54) is 33.1 Å². The van der Waals surface area contributed by atoms with Gasteiger partial charge in [0.2, 0.25) is 0 Å². The Balaban J connectivity index is 2.97. The minimum absolute atomic E-state index is 0.000860. The third kappa shape index (κ3) is 9.04. The smallest absolute Gasteiger partial charge is 0.468 e. The molecular formula is C21H29NO9. The van der Waals surface area contributed by atoms with Gasteiger partial charge in [-0.2, -0.15) is 0 Å². The molecule has 31 heavy (non-hydrogen) atoms. The highest BCUT2D eigenvalue weighted by molar-refractivity contribution is 5.81. The summed E-state index contributed by atoms with van der Waals surface area (Å²) < 4.78 is 24.8. The molecule has 1 rings (SSSR count). The topological polar surface area (TPSA) is 140 Å². The zero-order chi connectivity index (χ0) is 23.6. The first-order valence-electron chi connectivity index (χ1n) is 9.63. The number of nitrogens with two attached hydrogens (primary N) is 1. The van der Waals surface area contributed by atoms with Gasteiger partial charge in [-0.05, 0) is 23.6 Å². The van der Waals surface area contributed by atoms with E-state index in [2.05, 4.69) is 0 Å². The minimum atomic E-state index is -1.54. The van der Waals surface area contributed by atoms with Gasteiger partial charge in [0.15, 0.2) is 11.5 Å². The van der Waals surface area contributed by atoms with Crippen molar-refractivity contribution >= 4 is 24.1 Å². The van der Waals surface area contributed by atoms with E-state index >= 15 is 0 Å². The van der Waals surface area contributed by atoms with Crippen LogP contribution in [0.5, 0.6) is 11.5 Å². The first kappa shape index (κ1) is 25.9. The SMILES string of the molecule is COC(=O)C(N)(CCOC(=O)OCC(C)C)Cc1ccc(OC(C)=O)c(OC(C)=O)c1. The summed E-state index contributed by atoms with van der Waals surface area (Å²) in [5, 5.41) is 0. The largest absolute Gasteiger partial charge is 0.508 e. The molecule has 2 N–H and O–H groups in total. The molecule has 0 saturated carbocycles. The fraction of sp³-hybridized carbons (Fsp3) is 0.524. The molecule has 1 aromatic carbocycles. The number of ether oxygens (including phenoxy) is 5. The maximum absolute atomic E-state index is 12.3. The minimum Gasteiger partial charge on any atom is -0.468 e. The van der Waals surface area contributed by atoms with Crippen LogP contribution in [0.15, 0.2) is 18.2 Å². The fourth-order valence-corrected chi connectivity index (χ4v) is 2.56. The highest BCUT2D eigenvalue weighted by Gasteiger charge is 2.36. The number of rotatable bonds is 10. The van der Waals surface area contributed by atoms with Crippen LogP contribution < -0.4 is 15.2 Å². The van der Waals surface area contributed by atoms with Crippen LogP contribution in [0, 0.1) is 5.92 Å². The number of benzene rings is 1. The summed E-state index contributed by atoms with van der Waals surface area (Å²) in [6.07, 6.45) is -0.937. The van der Waals surface area contributed by atoms with Gasteiger partial charge in [0.05, 0.1) is 20.3 Å². The molecule has 0 aromatic heterocycles. The van der Waals surface area contributed by atoms with E-state index in [0.717, 1.165) is 0 Å². The molecule has 0 amide bonds. The van der Waals surface area contributed by atoms with Crippen molar-refractivity contribution in [2.24, 2.45) is 11.7 Å². The van der Waals surface area contributed by atoms with Gasteiger partial charge in [-0.25, -0.2) is 4.79 Å². The number of esters is 3. The van der Waals surface area contributed by atoms with Gasteiger partial charge in [-0.1, -0.05) is 19.9 Å². The first-order valence-corrected chi connectivity index (χ1v) is 9.63. The van der Waals surface area contributed by atoms with Crippen LogP contribution in [-0.2, 0) is 35.0 Å². The summed E-state index contributed by atoms with van der Waals surface area (Å²) in [7, 11) is 1.19. The van der Waals surface area contributed by atoms with Gasteiger partial charge in [-0.3, -0.25) is 14.4 Å². The Bertz CT molecular complexity index is 806. The molecule has 10 heteroatoms. The van der Waals surface area contributed by atoms with Crippen LogP contribution in [-0.4, -0.2) is 49.9 Å². The maximum atomic E-state index is 12.3. The molecular weight excluding hydrogens is 410 g/mol. The van der Waals surface area contributed by atoms with E-state index in [9.17, 15) is 19.2 Å². The molecule has 0 aliphatic carbocycles. The van der Waals surface area contributed by atoms with Crippen LogP contribution in [0.1, 0.15) is 39.7 Å². The lowest BCUT2D eigenvalue weighted by Gasteiger charge is -2.26. The predicted octanol–water partition coefficient (Wildman–Crippen LogP) is 2.15. The van der Waals surface area contributed by atoms with Crippen molar-refractivity contribution in [3.63, 3.8) is 0 Å². The summed E-state index contributed by atoms with van der Waals surface area (Å²) in [5.74, 6) is -1.73. The Morgan fingerprint density at radius 2 is 1.61 bits per heavy atom. The zero-order valence-corrected chi connectivity index (χ0v) is 18.4. The van der Waals surface area contributed by atoms with Gasteiger partial charge in [0.1, 0.15) is 5.54 Å². The molecule has 0 bridgehead atoms. The third-order valence-electron chi connectivity index (χ3n) is 3.93. The van der Waals surface area contributed by atoms with E-state index in [4.69, 9.17) is 29.4 Å². The highest BCUT2D eigenvalue weighted by atomic mass is 16.7. The van der Waals surface area contributed by atoms with Crippen molar-refractivity contribution in [3.8, 4) is 11.5 Å². The zero-order valence-electron chi connectivity index (χ0n) is 18.4. The van der Waals surface area contributed by atoms with Gasteiger partial charge in [-0.15, -0.1) is 0 Å². The van der Waals surface area contributed by atoms with E-state index in [1.807, 2.05) is 13.8 Å². The van der Waals surface area contributed by atoms with Crippen molar-refractivity contribution in [2.75, 3.05) is 20.3 Å². The fourth-order valence-electron chi connectivity index (χ4n) is 2.56. The molecule has 10 nitrogen and oxygen atoms in total. The molecule has 172 valence electrons. The maximum Gasteiger partial charge on any atom is 0.508 e. The standard InChI is InChI=1S/C21H29NO9/c1-13(2)12-29-20(26)28-9-8-21(22,19(25)27-5)11-16-6-7-17(30-14(3)23)18(10-16)31-15(4)24/h6-7,10,13H,8-9,11-12,22H2,1-5H3. The molecule has 0 fully saturated rings. The second kappa shape index (κ2) is 11.9. The van der Waals surface area contributed by atoms with Crippen molar-refractivity contribution < 1.29 is 42.9 Å². The molecule has 0 radical (unpaired) electrons.